The zero-order chi connectivity index (χ0) is 20.4. The summed E-state index contributed by atoms with van der Waals surface area (Å²) in [7, 11) is -3.20. The van der Waals surface area contributed by atoms with E-state index in [1.54, 1.807) is 13.8 Å². The van der Waals surface area contributed by atoms with Crippen LogP contribution >= 0.6 is 0 Å². The fraction of sp³-hybridized carbons (Fsp3) is 0.667. The van der Waals surface area contributed by atoms with Gasteiger partial charge in [0.15, 0.2) is 15.8 Å². The molecular formula is C21H33N3O3S. The van der Waals surface area contributed by atoms with Crippen LogP contribution in [0.1, 0.15) is 64.5 Å². The van der Waals surface area contributed by atoms with Crippen molar-refractivity contribution in [3.63, 3.8) is 0 Å². The van der Waals surface area contributed by atoms with Crippen molar-refractivity contribution >= 4 is 15.8 Å². The second kappa shape index (κ2) is 7.93. The van der Waals surface area contributed by atoms with Gasteiger partial charge in [0.1, 0.15) is 11.4 Å². The highest BCUT2D eigenvalue weighted by Gasteiger charge is 2.43. The monoisotopic (exact) mass is 407 g/mol. The number of guanidine groups is 1. The van der Waals surface area contributed by atoms with Crippen molar-refractivity contribution in [3.8, 4) is 5.75 Å². The second-order valence-corrected chi connectivity index (χ2v) is 11.3. The maximum absolute atomic E-state index is 12.0. The van der Waals surface area contributed by atoms with Gasteiger partial charge in [-0.2, -0.15) is 0 Å². The van der Waals surface area contributed by atoms with Crippen LogP contribution in [-0.4, -0.2) is 44.1 Å². The van der Waals surface area contributed by atoms with Crippen LogP contribution in [0.4, 0.5) is 0 Å². The van der Waals surface area contributed by atoms with Crippen molar-refractivity contribution in [2.75, 3.05) is 19.3 Å². The molecule has 3 rings (SSSR count). The molecule has 2 N–H and O–H groups in total. The molecule has 7 heteroatoms. The van der Waals surface area contributed by atoms with E-state index in [9.17, 15) is 8.42 Å². The number of rotatable bonds is 5. The SMILES string of the molecule is CCNC(=NCC(C)(C)S(C)(=O)=O)NC1CC2(CCCC2)Oc2ccccc21. The Morgan fingerprint density at radius 3 is 2.61 bits per heavy atom. The van der Waals surface area contributed by atoms with Crippen LogP contribution in [-0.2, 0) is 9.84 Å². The summed E-state index contributed by atoms with van der Waals surface area (Å²) in [5, 5.41) is 6.82. The first-order valence-electron chi connectivity index (χ1n) is 10.2. The number of nitrogens with one attached hydrogen (secondary N) is 2. The standard InChI is InChI=1S/C21H33N3O3S/c1-5-22-19(23-15-20(2,3)28(4,25)26)24-17-14-21(12-8-9-13-21)27-18-11-7-6-10-16(17)18/h6-7,10-11,17H,5,8-9,12-15H2,1-4H3,(H2,22,23,24). The lowest BCUT2D eigenvalue weighted by Crippen LogP contribution is -2.47. The van der Waals surface area contributed by atoms with Crippen LogP contribution in [0.15, 0.2) is 29.3 Å². The van der Waals surface area contributed by atoms with Gasteiger partial charge in [-0.1, -0.05) is 18.2 Å². The fourth-order valence-electron chi connectivity index (χ4n) is 3.94. The van der Waals surface area contributed by atoms with Crippen LogP contribution in [0, 0.1) is 0 Å². The van der Waals surface area contributed by atoms with Gasteiger partial charge >= 0.3 is 0 Å². The lowest BCUT2D eigenvalue weighted by Gasteiger charge is -2.40. The largest absolute Gasteiger partial charge is 0.487 e. The molecule has 0 amide bonds. The first-order chi connectivity index (χ1) is 13.2. The lowest BCUT2D eigenvalue weighted by atomic mass is 9.86. The topological polar surface area (TPSA) is 79.8 Å². The molecule has 1 spiro atoms. The van der Waals surface area contributed by atoms with E-state index in [-0.39, 0.29) is 18.2 Å². The molecule has 28 heavy (non-hydrogen) atoms. The van der Waals surface area contributed by atoms with Crippen LogP contribution in [0.25, 0.3) is 0 Å². The number of hydrogen-bond acceptors (Lipinski definition) is 4. The molecule has 1 unspecified atom stereocenters. The predicted octanol–water partition coefficient (Wildman–Crippen LogP) is 3.20. The number of hydrogen-bond donors (Lipinski definition) is 2. The Kier molecular flexibility index (Phi) is 5.94. The zero-order valence-corrected chi connectivity index (χ0v) is 18.2. The van der Waals surface area contributed by atoms with Crippen molar-refractivity contribution in [3.05, 3.63) is 29.8 Å². The van der Waals surface area contributed by atoms with Crippen molar-refractivity contribution in [2.45, 2.75) is 69.3 Å². The minimum Gasteiger partial charge on any atom is -0.487 e. The number of benzene rings is 1. The Balaban J connectivity index is 1.84. The smallest absolute Gasteiger partial charge is 0.191 e. The maximum Gasteiger partial charge on any atom is 0.191 e. The highest BCUT2D eigenvalue weighted by atomic mass is 32.2. The minimum atomic E-state index is -3.20. The first kappa shape index (κ1) is 21.0. The summed E-state index contributed by atoms with van der Waals surface area (Å²) in [6, 6.07) is 8.26. The number of ether oxygens (including phenoxy) is 1. The second-order valence-electron chi connectivity index (χ2n) is 8.66. The van der Waals surface area contributed by atoms with Gasteiger partial charge in [0.2, 0.25) is 0 Å². The molecule has 1 aromatic carbocycles. The third-order valence-electron chi connectivity index (χ3n) is 5.99. The highest BCUT2D eigenvalue weighted by molar-refractivity contribution is 7.92. The van der Waals surface area contributed by atoms with E-state index in [1.165, 1.54) is 19.1 Å². The number of aliphatic imine (C=N–C) groups is 1. The summed E-state index contributed by atoms with van der Waals surface area (Å²) in [4.78, 5) is 4.61. The zero-order valence-electron chi connectivity index (χ0n) is 17.4. The first-order valence-corrected chi connectivity index (χ1v) is 12.1. The van der Waals surface area contributed by atoms with E-state index >= 15 is 0 Å². The van der Waals surface area contributed by atoms with Gasteiger partial charge in [0, 0.05) is 24.8 Å². The molecule has 6 nitrogen and oxygen atoms in total. The van der Waals surface area contributed by atoms with Crippen molar-refractivity contribution < 1.29 is 13.2 Å². The summed E-state index contributed by atoms with van der Waals surface area (Å²) in [5.41, 5.74) is 1.03. The lowest BCUT2D eigenvalue weighted by molar-refractivity contribution is 0.0396. The molecule has 0 radical (unpaired) electrons. The van der Waals surface area contributed by atoms with Gasteiger partial charge < -0.3 is 15.4 Å². The van der Waals surface area contributed by atoms with E-state index in [1.807, 2.05) is 25.1 Å². The summed E-state index contributed by atoms with van der Waals surface area (Å²) >= 11 is 0. The van der Waals surface area contributed by atoms with Crippen LogP contribution in [0.5, 0.6) is 5.75 Å². The summed E-state index contributed by atoms with van der Waals surface area (Å²) in [6.45, 7) is 6.35. The quantitative estimate of drug-likeness (QED) is 0.579. The number of sulfone groups is 1. The number of para-hydroxylation sites is 1. The molecule has 0 bridgehead atoms. The van der Waals surface area contributed by atoms with E-state index in [0.29, 0.717) is 12.5 Å². The molecule has 1 aromatic rings. The molecule has 1 heterocycles. The maximum atomic E-state index is 12.0. The average Bonchev–Trinajstić information content (AvgIpc) is 3.06. The summed E-state index contributed by atoms with van der Waals surface area (Å²) in [6.07, 6.45) is 6.71. The molecule has 1 aliphatic heterocycles. The van der Waals surface area contributed by atoms with Gasteiger partial charge in [-0.05, 0) is 52.5 Å². The Morgan fingerprint density at radius 2 is 1.96 bits per heavy atom. The van der Waals surface area contributed by atoms with Gasteiger partial charge in [-0.25, -0.2) is 8.42 Å². The number of nitrogens with zero attached hydrogens (tertiary/aromatic N) is 1. The van der Waals surface area contributed by atoms with E-state index in [2.05, 4.69) is 21.7 Å². The van der Waals surface area contributed by atoms with Gasteiger partial charge in [-0.15, -0.1) is 0 Å². The molecule has 156 valence electrons. The van der Waals surface area contributed by atoms with Crippen LogP contribution in [0.2, 0.25) is 0 Å². The minimum absolute atomic E-state index is 0.0854. The van der Waals surface area contributed by atoms with Crippen molar-refractivity contribution in [2.24, 2.45) is 4.99 Å². The van der Waals surface area contributed by atoms with Gasteiger partial charge in [-0.3, -0.25) is 4.99 Å². The molecular weight excluding hydrogens is 374 g/mol. The Morgan fingerprint density at radius 1 is 1.29 bits per heavy atom. The van der Waals surface area contributed by atoms with Gasteiger partial charge in [0.05, 0.1) is 17.3 Å². The molecule has 1 fully saturated rings. The predicted molar refractivity (Wildman–Crippen MR) is 114 cm³/mol. The molecule has 2 aliphatic rings. The number of fused-ring (bicyclic) bond motifs is 1. The third kappa shape index (κ3) is 4.45. The van der Waals surface area contributed by atoms with E-state index in [0.717, 1.165) is 30.6 Å². The molecule has 0 aromatic heterocycles. The normalized spacial score (nSPS) is 21.9. The fourth-order valence-corrected chi connectivity index (χ4v) is 4.24. The molecule has 0 saturated heterocycles. The molecule has 1 atom stereocenters. The average molecular weight is 408 g/mol. The molecule has 1 saturated carbocycles. The van der Waals surface area contributed by atoms with Crippen molar-refractivity contribution in [1.82, 2.24) is 10.6 Å². The molecule has 1 aliphatic carbocycles. The van der Waals surface area contributed by atoms with Crippen LogP contribution < -0.4 is 15.4 Å². The third-order valence-corrected chi connectivity index (χ3v) is 8.13. The Hall–Kier alpha value is -1.76. The van der Waals surface area contributed by atoms with Crippen LogP contribution in [0.3, 0.4) is 0 Å². The Bertz CT molecular complexity index is 827. The Labute approximate surface area is 169 Å². The summed E-state index contributed by atoms with van der Waals surface area (Å²) in [5.74, 6) is 1.59. The van der Waals surface area contributed by atoms with E-state index < -0.39 is 14.6 Å². The van der Waals surface area contributed by atoms with Crippen molar-refractivity contribution in [1.29, 1.82) is 0 Å². The summed E-state index contributed by atoms with van der Waals surface area (Å²) < 4.78 is 29.6. The van der Waals surface area contributed by atoms with Gasteiger partial charge in [0.25, 0.3) is 0 Å². The highest BCUT2D eigenvalue weighted by Crippen LogP contribution is 2.46. The van der Waals surface area contributed by atoms with E-state index in [4.69, 9.17) is 4.74 Å².